The van der Waals surface area contributed by atoms with Gasteiger partial charge in [-0.3, -0.25) is 14.0 Å². The van der Waals surface area contributed by atoms with Gasteiger partial charge in [0.05, 0.1) is 26.0 Å². The standard InChI is InChI=1S/C20H26N6O3S/c1-13-8-14(2)10-15(9-13)21-17(27)12-30-20-23-22-18(26(20)6-7-28-4)16-11-25(3)24-19(16)29-5/h8-11H,6-7,12H2,1-5H3,(H,21,27). The molecular formula is C20H26N6O3S. The van der Waals surface area contributed by atoms with E-state index >= 15 is 0 Å². The first-order valence-corrected chi connectivity index (χ1v) is 10.4. The predicted molar refractivity (Wildman–Crippen MR) is 116 cm³/mol. The van der Waals surface area contributed by atoms with Crippen LogP contribution in [-0.2, 0) is 23.1 Å². The molecular weight excluding hydrogens is 404 g/mol. The van der Waals surface area contributed by atoms with Gasteiger partial charge in [0.15, 0.2) is 11.0 Å². The molecule has 2 heterocycles. The van der Waals surface area contributed by atoms with E-state index in [-0.39, 0.29) is 11.7 Å². The number of nitrogens with zero attached hydrogens (tertiary/aromatic N) is 5. The number of rotatable bonds is 9. The zero-order valence-corrected chi connectivity index (χ0v) is 18.6. The SMILES string of the molecule is COCCn1c(SCC(=O)Nc2cc(C)cc(C)c2)nnc1-c1cn(C)nc1OC. The van der Waals surface area contributed by atoms with Gasteiger partial charge in [0, 0.05) is 26.0 Å². The number of hydrogen-bond donors (Lipinski definition) is 1. The maximum Gasteiger partial charge on any atom is 0.243 e. The Kier molecular flexibility index (Phi) is 7.11. The minimum atomic E-state index is -0.105. The number of methoxy groups -OCH3 is 2. The van der Waals surface area contributed by atoms with Gasteiger partial charge in [0.1, 0.15) is 5.56 Å². The summed E-state index contributed by atoms with van der Waals surface area (Å²) in [5, 5.41) is 16.5. The number of aryl methyl sites for hydroxylation is 3. The molecule has 0 aliphatic carbocycles. The van der Waals surface area contributed by atoms with Crippen LogP contribution < -0.4 is 10.1 Å². The molecule has 0 saturated carbocycles. The molecule has 10 heteroatoms. The lowest BCUT2D eigenvalue weighted by molar-refractivity contribution is -0.113. The summed E-state index contributed by atoms with van der Waals surface area (Å²) in [5.74, 6) is 1.19. The van der Waals surface area contributed by atoms with E-state index in [0.29, 0.717) is 30.0 Å². The average molecular weight is 431 g/mol. The second kappa shape index (κ2) is 9.77. The van der Waals surface area contributed by atoms with Crippen molar-refractivity contribution in [2.24, 2.45) is 7.05 Å². The first-order valence-electron chi connectivity index (χ1n) is 9.42. The Balaban J connectivity index is 1.76. The highest BCUT2D eigenvalue weighted by Crippen LogP contribution is 2.30. The first kappa shape index (κ1) is 21.8. The number of nitrogens with one attached hydrogen (secondary N) is 1. The summed E-state index contributed by atoms with van der Waals surface area (Å²) in [7, 11) is 5.02. The third kappa shape index (κ3) is 5.19. The smallest absolute Gasteiger partial charge is 0.243 e. The zero-order valence-electron chi connectivity index (χ0n) is 17.8. The number of carbonyl (C=O) groups excluding carboxylic acids is 1. The van der Waals surface area contributed by atoms with Gasteiger partial charge < -0.3 is 14.8 Å². The van der Waals surface area contributed by atoms with E-state index in [1.54, 1.807) is 18.9 Å². The second-order valence-electron chi connectivity index (χ2n) is 6.89. The van der Waals surface area contributed by atoms with Crippen molar-refractivity contribution in [2.75, 3.05) is 31.9 Å². The van der Waals surface area contributed by atoms with E-state index in [0.717, 1.165) is 22.4 Å². The fraction of sp³-hybridized carbons (Fsp3) is 0.400. The third-order valence-electron chi connectivity index (χ3n) is 4.30. The molecule has 0 spiro atoms. The van der Waals surface area contributed by atoms with Crippen LogP contribution >= 0.6 is 11.8 Å². The van der Waals surface area contributed by atoms with Crippen LogP contribution in [0.3, 0.4) is 0 Å². The normalized spacial score (nSPS) is 11.0. The minimum Gasteiger partial charge on any atom is -0.479 e. The molecule has 9 nitrogen and oxygen atoms in total. The monoisotopic (exact) mass is 430 g/mol. The highest BCUT2D eigenvalue weighted by atomic mass is 32.2. The van der Waals surface area contributed by atoms with E-state index in [9.17, 15) is 4.79 Å². The predicted octanol–water partition coefficient (Wildman–Crippen LogP) is 2.68. The molecule has 160 valence electrons. The fourth-order valence-electron chi connectivity index (χ4n) is 3.13. The Hall–Kier alpha value is -2.85. The largest absolute Gasteiger partial charge is 0.479 e. The third-order valence-corrected chi connectivity index (χ3v) is 5.27. The van der Waals surface area contributed by atoms with Crippen LogP contribution in [0.2, 0.25) is 0 Å². The first-order chi connectivity index (χ1) is 14.4. The number of aromatic nitrogens is 5. The van der Waals surface area contributed by atoms with E-state index in [1.807, 2.05) is 43.8 Å². The molecule has 0 bridgehead atoms. The van der Waals surface area contributed by atoms with Crippen LogP contribution in [0, 0.1) is 13.8 Å². The van der Waals surface area contributed by atoms with E-state index in [2.05, 4.69) is 26.7 Å². The molecule has 3 rings (SSSR count). The van der Waals surface area contributed by atoms with Gasteiger partial charge in [0.25, 0.3) is 0 Å². The second-order valence-corrected chi connectivity index (χ2v) is 7.83. The summed E-state index contributed by atoms with van der Waals surface area (Å²) in [4.78, 5) is 12.5. The van der Waals surface area contributed by atoms with Crippen molar-refractivity contribution >= 4 is 23.4 Å². The molecule has 0 atom stereocenters. The average Bonchev–Trinajstić information content (AvgIpc) is 3.26. The molecule has 0 saturated heterocycles. The van der Waals surface area contributed by atoms with Gasteiger partial charge in [-0.15, -0.1) is 15.3 Å². The summed E-state index contributed by atoms with van der Waals surface area (Å²) in [6.07, 6.45) is 1.83. The molecule has 1 amide bonds. The minimum absolute atomic E-state index is 0.105. The van der Waals surface area contributed by atoms with Gasteiger partial charge in [-0.05, 0) is 37.1 Å². The number of hydrogen-bond acceptors (Lipinski definition) is 7. The number of carbonyl (C=O) groups is 1. The van der Waals surface area contributed by atoms with Crippen LogP contribution in [0.15, 0.2) is 29.6 Å². The molecule has 0 fully saturated rings. The van der Waals surface area contributed by atoms with E-state index in [1.165, 1.54) is 11.8 Å². The molecule has 0 unspecified atom stereocenters. The quantitative estimate of drug-likeness (QED) is 0.521. The Morgan fingerprint density at radius 1 is 1.17 bits per heavy atom. The van der Waals surface area contributed by atoms with Gasteiger partial charge in [0.2, 0.25) is 11.8 Å². The summed E-state index contributed by atoms with van der Waals surface area (Å²) in [6, 6.07) is 5.96. The number of thioether (sulfide) groups is 1. The molecule has 0 radical (unpaired) electrons. The van der Waals surface area contributed by atoms with Crippen molar-refractivity contribution in [3.05, 3.63) is 35.5 Å². The van der Waals surface area contributed by atoms with Gasteiger partial charge in [-0.1, -0.05) is 17.8 Å². The van der Waals surface area contributed by atoms with Gasteiger partial charge in [-0.2, -0.15) is 0 Å². The number of anilines is 1. The lowest BCUT2D eigenvalue weighted by Gasteiger charge is -2.10. The van der Waals surface area contributed by atoms with Crippen molar-refractivity contribution in [1.29, 1.82) is 0 Å². The topological polar surface area (TPSA) is 96.1 Å². The van der Waals surface area contributed by atoms with E-state index in [4.69, 9.17) is 9.47 Å². The zero-order chi connectivity index (χ0) is 21.7. The van der Waals surface area contributed by atoms with Crippen LogP contribution in [0.25, 0.3) is 11.4 Å². The summed E-state index contributed by atoms with van der Waals surface area (Å²) in [5.41, 5.74) is 3.73. The van der Waals surface area contributed by atoms with Gasteiger partial charge >= 0.3 is 0 Å². The van der Waals surface area contributed by atoms with Crippen molar-refractivity contribution in [1.82, 2.24) is 24.5 Å². The van der Waals surface area contributed by atoms with Crippen LogP contribution in [0.1, 0.15) is 11.1 Å². The number of amides is 1. The Morgan fingerprint density at radius 3 is 2.57 bits per heavy atom. The van der Waals surface area contributed by atoms with Crippen molar-refractivity contribution in [3.8, 4) is 17.3 Å². The lowest BCUT2D eigenvalue weighted by Crippen LogP contribution is -2.15. The van der Waals surface area contributed by atoms with Crippen molar-refractivity contribution in [2.45, 2.75) is 25.5 Å². The van der Waals surface area contributed by atoms with Crippen LogP contribution in [0.5, 0.6) is 5.88 Å². The number of ether oxygens (including phenoxy) is 2. The molecule has 3 aromatic rings. The fourth-order valence-corrected chi connectivity index (χ4v) is 3.89. The molecule has 2 aromatic heterocycles. The van der Waals surface area contributed by atoms with Gasteiger partial charge in [-0.25, -0.2) is 0 Å². The maximum absolute atomic E-state index is 12.5. The molecule has 1 N–H and O–H groups in total. The summed E-state index contributed by atoms with van der Waals surface area (Å²) in [6.45, 7) is 5.03. The van der Waals surface area contributed by atoms with E-state index < -0.39 is 0 Å². The lowest BCUT2D eigenvalue weighted by atomic mass is 10.1. The van der Waals surface area contributed by atoms with Crippen molar-refractivity contribution < 1.29 is 14.3 Å². The Bertz CT molecular complexity index is 1010. The molecule has 0 aliphatic heterocycles. The molecule has 30 heavy (non-hydrogen) atoms. The summed E-state index contributed by atoms with van der Waals surface area (Å²) < 4.78 is 14.2. The summed E-state index contributed by atoms with van der Waals surface area (Å²) >= 11 is 1.32. The highest BCUT2D eigenvalue weighted by molar-refractivity contribution is 7.99. The molecule has 0 aliphatic rings. The van der Waals surface area contributed by atoms with Crippen molar-refractivity contribution in [3.63, 3.8) is 0 Å². The highest BCUT2D eigenvalue weighted by Gasteiger charge is 2.21. The Morgan fingerprint density at radius 2 is 1.90 bits per heavy atom. The van der Waals surface area contributed by atoms with Crippen LogP contribution in [-0.4, -0.2) is 57.0 Å². The number of benzene rings is 1. The Labute approximate surface area is 179 Å². The molecule has 1 aromatic carbocycles. The van der Waals surface area contributed by atoms with Crippen LogP contribution in [0.4, 0.5) is 5.69 Å². The maximum atomic E-state index is 12.5.